The molecule has 3 aromatic rings. The lowest BCUT2D eigenvalue weighted by Gasteiger charge is -2.14. The topological polar surface area (TPSA) is 67.1 Å². The van der Waals surface area contributed by atoms with Crippen LogP contribution in [0.25, 0.3) is 5.82 Å². The molecule has 0 aliphatic rings. The van der Waals surface area contributed by atoms with E-state index >= 15 is 0 Å². The van der Waals surface area contributed by atoms with Crippen molar-refractivity contribution >= 4 is 5.96 Å². The Bertz CT molecular complexity index is 883. The summed E-state index contributed by atoms with van der Waals surface area (Å²) >= 11 is 0. The van der Waals surface area contributed by atoms with Crippen molar-refractivity contribution in [3.63, 3.8) is 0 Å². The highest BCUT2D eigenvalue weighted by molar-refractivity contribution is 5.79. The third kappa shape index (κ3) is 4.47. The normalized spacial score (nSPS) is 11.4. The minimum Gasteiger partial charge on any atom is -0.352 e. The molecule has 2 aromatic heterocycles. The second kappa shape index (κ2) is 8.29. The molecule has 0 aliphatic heterocycles. The van der Waals surface area contributed by atoms with Gasteiger partial charge in [-0.25, -0.2) is 9.97 Å². The number of imidazole rings is 1. The average molecular weight is 348 g/mol. The monoisotopic (exact) mass is 348 g/mol. The van der Waals surface area contributed by atoms with Crippen LogP contribution in [-0.2, 0) is 13.1 Å². The molecule has 0 saturated heterocycles. The highest BCUT2D eigenvalue weighted by Crippen LogP contribution is 2.10. The highest BCUT2D eigenvalue weighted by atomic mass is 15.2. The van der Waals surface area contributed by atoms with Crippen molar-refractivity contribution in [3.05, 3.63) is 77.5 Å². The lowest BCUT2D eigenvalue weighted by molar-refractivity contribution is 0.803. The number of nitrogens with zero attached hydrogens (tertiary/aromatic N) is 4. The number of aryl methyl sites for hydroxylation is 2. The molecular formula is C20H24N6. The summed E-state index contributed by atoms with van der Waals surface area (Å²) in [5.41, 5.74) is 4.95. The summed E-state index contributed by atoms with van der Waals surface area (Å²) in [6.07, 6.45) is 7.16. The number of hydrogen-bond donors (Lipinski definition) is 2. The maximum atomic E-state index is 4.37. The predicted octanol–water partition coefficient (Wildman–Crippen LogP) is 2.75. The molecule has 1 aromatic carbocycles. The number of hydrogen-bond acceptors (Lipinski definition) is 3. The Balaban J connectivity index is 1.58. The molecule has 0 bridgehead atoms. The molecule has 0 aliphatic carbocycles. The lowest BCUT2D eigenvalue weighted by atomic mass is 10.1. The number of rotatable bonds is 5. The van der Waals surface area contributed by atoms with Crippen LogP contribution in [-0.4, -0.2) is 27.5 Å². The Hall–Kier alpha value is -3.15. The maximum Gasteiger partial charge on any atom is 0.191 e. The molecule has 0 saturated carbocycles. The van der Waals surface area contributed by atoms with Gasteiger partial charge in [-0.15, -0.1) is 0 Å². The fourth-order valence-corrected chi connectivity index (χ4v) is 2.74. The molecule has 3 rings (SSSR count). The van der Waals surface area contributed by atoms with E-state index in [0.717, 1.165) is 23.9 Å². The summed E-state index contributed by atoms with van der Waals surface area (Å²) in [7, 11) is 1.78. The summed E-state index contributed by atoms with van der Waals surface area (Å²) in [5, 5.41) is 6.71. The van der Waals surface area contributed by atoms with Crippen molar-refractivity contribution < 1.29 is 0 Å². The minimum absolute atomic E-state index is 0.663. The molecule has 0 unspecified atom stereocenters. The quantitative estimate of drug-likeness (QED) is 0.550. The van der Waals surface area contributed by atoms with Crippen LogP contribution in [0.15, 0.2) is 60.2 Å². The van der Waals surface area contributed by atoms with Crippen LogP contribution >= 0.6 is 0 Å². The van der Waals surface area contributed by atoms with Gasteiger partial charge in [-0.05, 0) is 42.7 Å². The van der Waals surface area contributed by atoms with Gasteiger partial charge in [0.1, 0.15) is 12.1 Å². The maximum absolute atomic E-state index is 4.37. The first-order valence-electron chi connectivity index (χ1n) is 8.59. The van der Waals surface area contributed by atoms with E-state index in [9.17, 15) is 0 Å². The van der Waals surface area contributed by atoms with Gasteiger partial charge >= 0.3 is 0 Å². The molecule has 0 radical (unpaired) electrons. The smallest absolute Gasteiger partial charge is 0.191 e. The van der Waals surface area contributed by atoms with Crippen LogP contribution in [0.5, 0.6) is 0 Å². The number of guanidine groups is 1. The second-order valence-corrected chi connectivity index (χ2v) is 6.20. The van der Waals surface area contributed by atoms with E-state index in [1.807, 2.05) is 22.9 Å². The molecule has 2 heterocycles. The van der Waals surface area contributed by atoms with Crippen molar-refractivity contribution in [2.24, 2.45) is 4.99 Å². The van der Waals surface area contributed by atoms with E-state index in [0.29, 0.717) is 6.54 Å². The molecule has 0 spiro atoms. The molecule has 6 heteroatoms. The van der Waals surface area contributed by atoms with Gasteiger partial charge in [0.15, 0.2) is 5.96 Å². The number of aromatic nitrogens is 3. The molecule has 26 heavy (non-hydrogen) atoms. The Labute approximate surface area is 154 Å². The van der Waals surface area contributed by atoms with Crippen LogP contribution < -0.4 is 10.6 Å². The third-order valence-corrected chi connectivity index (χ3v) is 4.21. The molecule has 134 valence electrons. The van der Waals surface area contributed by atoms with Gasteiger partial charge < -0.3 is 10.6 Å². The fourth-order valence-electron chi connectivity index (χ4n) is 2.74. The van der Waals surface area contributed by atoms with Crippen molar-refractivity contribution in [3.8, 4) is 5.82 Å². The van der Waals surface area contributed by atoms with E-state index in [1.54, 1.807) is 25.8 Å². The van der Waals surface area contributed by atoms with Gasteiger partial charge in [0.25, 0.3) is 0 Å². The minimum atomic E-state index is 0.663. The molecule has 0 fully saturated rings. The predicted molar refractivity (Wildman–Crippen MR) is 104 cm³/mol. The van der Waals surface area contributed by atoms with Crippen molar-refractivity contribution in [1.82, 2.24) is 25.2 Å². The standard InChI is InChI=1S/C20H24N6/c1-15-4-5-18(16(2)10-15)13-25-20(21-3)24-12-17-6-7-23-19(11-17)26-9-8-22-14-26/h4-11,14H,12-13H2,1-3H3,(H2,21,24,25). The molecule has 0 atom stereocenters. The second-order valence-electron chi connectivity index (χ2n) is 6.20. The Morgan fingerprint density at radius 3 is 2.65 bits per heavy atom. The van der Waals surface area contributed by atoms with Gasteiger partial charge in [-0.1, -0.05) is 23.8 Å². The van der Waals surface area contributed by atoms with E-state index in [1.165, 1.54) is 16.7 Å². The number of nitrogens with one attached hydrogen (secondary N) is 2. The number of benzene rings is 1. The summed E-state index contributed by atoms with van der Waals surface area (Å²) in [6.45, 7) is 5.64. The highest BCUT2D eigenvalue weighted by Gasteiger charge is 2.03. The summed E-state index contributed by atoms with van der Waals surface area (Å²) < 4.78 is 1.89. The summed E-state index contributed by atoms with van der Waals surface area (Å²) in [6, 6.07) is 10.5. The molecular weight excluding hydrogens is 324 g/mol. The van der Waals surface area contributed by atoms with Crippen LogP contribution in [0.1, 0.15) is 22.3 Å². The van der Waals surface area contributed by atoms with E-state index < -0.39 is 0 Å². The Morgan fingerprint density at radius 1 is 1.08 bits per heavy atom. The van der Waals surface area contributed by atoms with Crippen molar-refractivity contribution in [2.75, 3.05) is 7.05 Å². The molecule has 0 amide bonds. The first kappa shape index (κ1) is 17.7. The van der Waals surface area contributed by atoms with Crippen LogP contribution in [0.4, 0.5) is 0 Å². The largest absolute Gasteiger partial charge is 0.352 e. The van der Waals surface area contributed by atoms with Gasteiger partial charge in [0.2, 0.25) is 0 Å². The number of aliphatic imine (C=N–C) groups is 1. The van der Waals surface area contributed by atoms with Gasteiger partial charge in [0.05, 0.1) is 0 Å². The van der Waals surface area contributed by atoms with Crippen molar-refractivity contribution in [1.29, 1.82) is 0 Å². The zero-order valence-electron chi connectivity index (χ0n) is 15.4. The van der Waals surface area contributed by atoms with Gasteiger partial charge in [-0.2, -0.15) is 0 Å². The van der Waals surface area contributed by atoms with Crippen LogP contribution in [0, 0.1) is 13.8 Å². The first-order valence-corrected chi connectivity index (χ1v) is 8.59. The summed E-state index contributed by atoms with van der Waals surface area (Å²) in [5.74, 6) is 1.62. The van der Waals surface area contributed by atoms with Crippen LogP contribution in [0.2, 0.25) is 0 Å². The van der Waals surface area contributed by atoms with Gasteiger partial charge in [-0.3, -0.25) is 9.56 Å². The SMILES string of the molecule is CN=C(NCc1ccnc(-n2ccnc2)c1)NCc1ccc(C)cc1C. The Morgan fingerprint density at radius 2 is 1.92 bits per heavy atom. The molecule has 2 N–H and O–H groups in total. The summed E-state index contributed by atoms with van der Waals surface area (Å²) in [4.78, 5) is 12.7. The van der Waals surface area contributed by atoms with E-state index in [4.69, 9.17) is 0 Å². The molecule has 6 nitrogen and oxygen atoms in total. The lowest BCUT2D eigenvalue weighted by Crippen LogP contribution is -2.36. The zero-order valence-corrected chi connectivity index (χ0v) is 15.4. The Kier molecular flexibility index (Phi) is 5.63. The van der Waals surface area contributed by atoms with Crippen molar-refractivity contribution in [2.45, 2.75) is 26.9 Å². The number of pyridine rings is 1. The zero-order chi connectivity index (χ0) is 18.4. The van der Waals surface area contributed by atoms with Crippen LogP contribution in [0.3, 0.4) is 0 Å². The van der Waals surface area contributed by atoms with E-state index in [2.05, 4.69) is 57.6 Å². The fraction of sp³-hybridized carbons (Fsp3) is 0.250. The third-order valence-electron chi connectivity index (χ3n) is 4.21. The van der Waals surface area contributed by atoms with E-state index in [-0.39, 0.29) is 0 Å². The van der Waals surface area contributed by atoms with Gasteiger partial charge in [0, 0.05) is 38.7 Å². The first-order chi connectivity index (χ1) is 12.7. The average Bonchev–Trinajstić information content (AvgIpc) is 3.18.